The van der Waals surface area contributed by atoms with Crippen LogP contribution in [-0.2, 0) is 9.47 Å². The Balaban J connectivity index is 1.72. The third kappa shape index (κ3) is 4.04. The number of benzene rings is 2. The molecule has 33 heavy (non-hydrogen) atoms. The van der Waals surface area contributed by atoms with Crippen LogP contribution in [-0.4, -0.2) is 90.1 Å². The summed E-state index contributed by atoms with van der Waals surface area (Å²) in [6, 6.07) is 5.59. The third-order valence-corrected chi connectivity index (χ3v) is 5.53. The van der Waals surface area contributed by atoms with Crippen LogP contribution in [0.5, 0.6) is 28.7 Å². The Bertz CT molecular complexity index is 1060. The maximum absolute atomic E-state index is 13.3. The van der Waals surface area contributed by atoms with Gasteiger partial charge in [0.1, 0.15) is 47.2 Å². The van der Waals surface area contributed by atoms with Crippen molar-refractivity contribution in [3.63, 3.8) is 0 Å². The molecular formula is C21H22O12. The molecule has 2 aromatic carbocycles. The quantitative estimate of drug-likeness (QED) is 0.250. The van der Waals surface area contributed by atoms with E-state index in [9.17, 15) is 40.5 Å². The molecule has 0 spiro atoms. The monoisotopic (exact) mass is 466 g/mol. The van der Waals surface area contributed by atoms with Crippen LogP contribution in [0.25, 0.3) is 0 Å². The standard InChI is InChI=1S/C21H22O12/c22-6-12(27)19-16(29)17(30)21(32-19)33-20-15(28)14-11(26)4-8(23)5-13(14)31-18(20)7-1-2-9(24)10(25)3-7/h1-5,12,16-27,29-30H,6H2/t12-,16-,17-,18+,19-,20+,21+/m1/s1. The van der Waals surface area contributed by atoms with Gasteiger partial charge in [-0.1, -0.05) is 6.07 Å². The van der Waals surface area contributed by atoms with Crippen molar-refractivity contribution in [3.05, 3.63) is 41.5 Å². The highest BCUT2D eigenvalue weighted by molar-refractivity contribution is 6.05. The maximum atomic E-state index is 13.3. The number of carbonyl (C=O) groups is 1. The molecule has 2 aliphatic rings. The van der Waals surface area contributed by atoms with Crippen molar-refractivity contribution in [2.24, 2.45) is 0 Å². The van der Waals surface area contributed by atoms with E-state index in [1.165, 1.54) is 6.07 Å². The molecule has 12 nitrogen and oxygen atoms in total. The van der Waals surface area contributed by atoms with Crippen LogP contribution in [0.3, 0.4) is 0 Å². The first-order chi connectivity index (χ1) is 15.6. The number of fused-ring (bicyclic) bond motifs is 1. The van der Waals surface area contributed by atoms with Crippen LogP contribution in [0.1, 0.15) is 22.0 Å². The highest BCUT2D eigenvalue weighted by Crippen LogP contribution is 2.44. The average molecular weight is 466 g/mol. The number of hydrogen-bond acceptors (Lipinski definition) is 12. The first-order valence-electron chi connectivity index (χ1n) is 9.87. The molecule has 0 aromatic heterocycles. The minimum absolute atomic E-state index is 0.150. The molecule has 12 heteroatoms. The summed E-state index contributed by atoms with van der Waals surface area (Å²) in [5.74, 6) is -2.96. The van der Waals surface area contributed by atoms with E-state index in [0.29, 0.717) is 0 Å². The van der Waals surface area contributed by atoms with Gasteiger partial charge < -0.3 is 55.1 Å². The number of ketones is 1. The molecular weight excluding hydrogens is 444 g/mol. The van der Waals surface area contributed by atoms with Gasteiger partial charge >= 0.3 is 0 Å². The Kier molecular flexibility index (Phi) is 6.05. The summed E-state index contributed by atoms with van der Waals surface area (Å²) in [6.45, 7) is -0.771. The summed E-state index contributed by atoms with van der Waals surface area (Å²) in [5.41, 5.74) is -0.172. The predicted octanol–water partition coefficient (Wildman–Crippen LogP) is -0.990. The molecule has 2 heterocycles. The number of Topliss-reactive ketones (excluding diaryl/α,β-unsaturated/α-hetero) is 1. The molecule has 0 bridgehead atoms. The predicted molar refractivity (Wildman–Crippen MR) is 106 cm³/mol. The van der Waals surface area contributed by atoms with E-state index in [-0.39, 0.29) is 22.6 Å². The molecule has 4 rings (SSSR count). The van der Waals surface area contributed by atoms with Gasteiger partial charge in [0.05, 0.1) is 6.61 Å². The highest BCUT2D eigenvalue weighted by Gasteiger charge is 2.50. The van der Waals surface area contributed by atoms with E-state index in [2.05, 4.69) is 0 Å². The van der Waals surface area contributed by atoms with Crippen LogP contribution in [0, 0.1) is 0 Å². The summed E-state index contributed by atoms with van der Waals surface area (Å²) in [4.78, 5) is 13.3. The minimum atomic E-state index is -1.72. The van der Waals surface area contributed by atoms with E-state index in [1.54, 1.807) is 0 Å². The molecule has 7 atom stereocenters. The van der Waals surface area contributed by atoms with Gasteiger partial charge in [0.15, 0.2) is 30.0 Å². The molecule has 0 radical (unpaired) electrons. The Labute approximate surface area is 186 Å². The number of aliphatic hydroxyl groups is 4. The second-order valence-corrected chi connectivity index (χ2v) is 7.75. The first kappa shape index (κ1) is 23.0. The Morgan fingerprint density at radius 3 is 2.36 bits per heavy atom. The molecule has 8 N–H and O–H groups in total. The van der Waals surface area contributed by atoms with Gasteiger partial charge in [0.25, 0.3) is 0 Å². The van der Waals surface area contributed by atoms with Crippen LogP contribution in [0.15, 0.2) is 30.3 Å². The van der Waals surface area contributed by atoms with Crippen LogP contribution in [0.2, 0.25) is 0 Å². The van der Waals surface area contributed by atoms with Gasteiger partial charge in [0, 0.05) is 12.1 Å². The molecule has 0 aliphatic carbocycles. The van der Waals surface area contributed by atoms with Crippen molar-refractivity contribution >= 4 is 5.78 Å². The summed E-state index contributed by atoms with van der Waals surface area (Å²) in [7, 11) is 0. The zero-order chi connectivity index (χ0) is 24.0. The number of rotatable bonds is 5. The fraction of sp³-hybridized carbons (Fsp3) is 0.381. The highest BCUT2D eigenvalue weighted by atomic mass is 16.7. The van der Waals surface area contributed by atoms with Gasteiger partial charge in [0.2, 0.25) is 5.78 Å². The molecule has 2 aliphatic heterocycles. The Morgan fingerprint density at radius 2 is 1.70 bits per heavy atom. The van der Waals surface area contributed by atoms with Crippen molar-refractivity contribution in [1.82, 2.24) is 0 Å². The lowest BCUT2D eigenvalue weighted by Crippen LogP contribution is -2.44. The fourth-order valence-corrected chi connectivity index (χ4v) is 3.85. The van der Waals surface area contributed by atoms with E-state index in [4.69, 9.17) is 19.3 Å². The van der Waals surface area contributed by atoms with Crippen molar-refractivity contribution in [2.75, 3.05) is 6.61 Å². The largest absolute Gasteiger partial charge is 0.508 e. The molecule has 0 amide bonds. The van der Waals surface area contributed by atoms with E-state index < -0.39 is 72.6 Å². The summed E-state index contributed by atoms with van der Waals surface area (Å²) >= 11 is 0. The number of ether oxygens (including phenoxy) is 3. The Hall–Kier alpha value is -3.13. The molecule has 0 unspecified atom stereocenters. The van der Waals surface area contributed by atoms with Crippen molar-refractivity contribution < 1.29 is 59.9 Å². The molecule has 1 saturated heterocycles. The number of hydrogen-bond donors (Lipinski definition) is 8. The molecule has 1 fully saturated rings. The van der Waals surface area contributed by atoms with Crippen LogP contribution >= 0.6 is 0 Å². The normalized spacial score (nSPS) is 30.0. The van der Waals surface area contributed by atoms with Gasteiger partial charge in [-0.3, -0.25) is 4.79 Å². The first-order valence-corrected chi connectivity index (χ1v) is 9.87. The molecule has 178 valence electrons. The summed E-state index contributed by atoms with van der Waals surface area (Å²) in [5, 5.41) is 78.8. The summed E-state index contributed by atoms with van der Waals surface area (Å²) < 4.78 is 16.7. The topological polar surface area (TPSA) is 207 Å². The van der Waals surface area contributed by atoms with Crippen LogP contribution in [0.4, 0.5) is 0 Å². The fourth-order valence-electron chi connectivity index (χ4n) is 3.85. The third-order valence-electron chi connectivity index (χ3n) is 5.53. The lowest BCUT2D eigenvalue weighted by atomic mass is 9.92. The number of aliphatic hydroxyl groups excluding tert-OH is 4. The van der Waals surface area contributed by atoms with Crippen LogP contribution < -0.4 is 4.74 Å². The lowest BCUT2D eigenvalue weighted by molar-refractivity contribution is -0.207. The van der Waals surface area contributed by atoms with Crippen molar-refractivity contribution in [3.8, 4) is 28.7 Å². The Morgan fingerprint density at radius 1 is 0.970 bits per heavy atom. The van der Waals surface area contributed by atoms with E-state index in [1.807, 2.05) is 0 Å². The lowest BCUT2D eigenvalue weighted by Gasteiger charge is -2.34. The zero-order valence-corrected chi connectivity index (χ0v) is 16.8. The van der Waals surface area contributed by atoms with E-state index >= 15 is 0 Å². The van der Waals surface area contributed by atoms with Gasteiger partial charge in [-0.25, -0.2) is 0 Å². The van der Waals surface area contributed by atoms with Gasteiger partial charge in [-0.15, -0.1) is 0 Å². The second kappa shape index (κ2) is 8.67. The number of phenols is 4. The minimum Gasteiger partial charge on any atom is -0.508 e. The van der Waals surface area contributed by atoms with Gasteiger partial charge in [-0.2, -0.15) is 0 Å². The average Bonchev–Trinajstić information content (AvgIpc) is 3.04. The van der Waals surface area contributed by atoms with Crippen molar-refractivity contribution in [1.29, 1.82) is 0 Å². The van der Waals surface area contributed by atoms with E-state index in [0.717, 1.165) is 24.3 Å². The zero-order valence-electron chi connectivity index (χ0n) is 16.8. The smallest absolute Gasteiger partial charge is 0.203 e. The molecule has 2 aromatic rings. The molecule has 0 saturated carbocycles. The second-order valence-electron chi connectivity index (χ2n) is 7.75. The van der Waals surface area contributed by atoms with Gasteiger partial charge in [-0.05, 0) is 17.7 Å². The summed E-state index contributed by atoms with van der Waals surface area (Å²) in [6.07, 6.45) is -10.9. The SMILES string of the molecule is O=C1c2c(O)cc(O)cc2O[C@@H](c2ccc(O)c(O)c2)[C@H]1O[C@@H]1O[C@H]([C@H](O)CO)[C@H](O)[C@H]1O. The maximum Gasteiger partial charge on any atom is 0.203 e. The number of phenolic OH excluding ortho intramolecular Hbond substituents is 4. The number of aromatic hydroxyl groups is 4. The van der Waals surface area contributed by atoms with Crippen molar-refractivity contribution in [2.45, 2.75) is 42.9 Å². The number of carbonyl (C=O) groups excluding carboxylic acids is 1.